The number of aryl methyl sites for hydroxylation is 1. The molecular weight excluding hydrogens is 304 g/mol. The molecule has 2 aliphatic carbocycles. The fourth-order valence-corrected chi connectivity index (χ4v) is 4.60. The highest BCUT2D eigenvalue weighted by molar-refractivity contribution is 5.96. The number of aromatic hydroxyl groups is 1. The SMILES string of the molecule is CC(=O)Oc1cc(O)cc2ccc3c(c12)CC[C@]1(C)C(=O)CC[C@@H]31. The van der Waals surface area contributed by atoms with Crippen molar-refractivity contribution < 1.29 is 19.4 Å². The highest BCUT2D eigenvalue weighted by Gasteiger charge is 2.49. The molecule has 0 aliphatic heterocycles. The van der Waals surface area contributed by atoms with Crippen molar-refractivity contribution in [2.45, 2.75) is 45.4 Å². The molecule has 0 aromatic heterocycles. The summed E-state index contributed by atoms with van der Waals surface area (Å²) in [7, 11) is 0. The van der Waals surface area contributed by atoms with E-state index in [1.54, 1.807) is 6.07 Å². The number of ether oxygens (including phenoxy) is 1. The Bertz CT molecular complexity index is 883. The molecule has 0 spiro atoms. The maximum Gasteiger partial charge on any atom is 0.308 e. The molecule has 4 nitrogen and oxygen atoms in total. The maximum absolute atomic E-state index is 12.4. The van der Waals surface area contributed by atoms with E-state index in [2.05, 4.69) is 13.0 Å². The van der Waals surface area contributed by atoms with Gasteiger partial charge in [-0.25, -0.2) is 0 Å². The van der Waals surface area contributed by atoms with Crippen LogP contribution in [0.1, 0.15) is 50.2 Å². The van der Waals surface area contributed by atoms with Gasteiger partial charge in [0.1, 0.15) is 17.3 Å². The topological polar surface area (TPSA) is 63.6 Å². The van der Waals surface area contributed by atoms with Gasteiger partial charge in [-0.05, 0) is 47.8 Å². The number of phenols is 1. The highest BCUT2D eigenvalue weighted by Crippen LogP contribution is 2.55. The number of Topliss-reactive ketones (excluding diaryl/α,β-unsaturated/α-hetero) is 1. The van der Waals surface area contributed by atoms with E-state index in [1.807, 2.05) is 6.07 Å². The lowest BCUT2D eigenvalue weighted by molar-refractivity contribution is -0.131. The molecule has 2 aromatic carbocycles. The molecule has 0 bridgehead atoms. The minimum Gasteiger partial charge on any atom is -0.508 e. The molecule has 1 fully saturated rings. The number of carbonyl (C=O) groups excluding carboxylic acids is 2. The second kappa shape index (κ2) is 5.07. The standard InChI is InChI=1S/C20H20O4/c1-11(21)24-17-10-13(22)9-12-3-4-14-15(19(12)17)7-8-20(2)16(14)5-6-18(20)23/h3-4,9-10,16,22H,5-8H2,1-2H3/t16-,20-/m0/s1. The molecule has 24 heavy (non-hydrogen) atoms. The van der Waals surface area contributed by atoms with E-state index >= 15 is 0 Å². The average Bonchev–Trinajstić information content (AvgIpc) is 2.81. The third kappa shape index (κ3) is 2.05. The van der Waals surface area contributed by atoms with Gasteiger partial charge in [0.05, 0.1) is 0 Å². The Morgan fingerprint density at radius 2 is 2.08 bits per heavy atom. The third-order valence-corrected chi connectivity index (χ3v) is 5.80. The first-order chi connectivity index (χ1) is 11.4. The van der Waals surface area contributed by atoms with Gasteiger partial charge in [-0.15, -0.1) is 0 Å². The number of ketones is 1. The predicted molar refractivity (Wildman–Crippen MR) is 90.3 cm³/mol. The van der Waals surface area contributed by atoms with Gasteiger partial charge in [0.2, 0.25) is 0 Å². The van der Waals surface area contributed by atoms with Crippen molar-refractivity contribution in [3.05, 3.63) is 35.4 Å². The molecule has 0 heterocycles. The summed E-state index contributed by atoms with van der Waals surface area (Å²) in [5.41, 5.74) is 2.08. The summed E-state index contributed by atoms with van der Waals surface area (Å²) < 4.78 is 5.37. The van der Waals surface area contributed by atoms with Gasteiger partial charge >= 0.3 is 5.97 Å². The van der Waals surface area contributed by atoms with Gasteiger partial charge in [0.15, 0.2) is 0 Å². The number of phenolic OH excluding ortho intramolecular Hbond substituents is 1. The van der Waals surface area contributed by atoms with E-state index in [4.69, 9.17) is 4.74 Å². The number of fused-ring (bicyclic) bond motifs is 5. The quantitative estimate of drug-likeness (QED) is 0.639. The zero-order valence-electron chi connectivity index (χ0n) is 13.9. The minimum atomic E-state index is -0.406. The predicted octanol–water partition coefficient (Wildman–Crippen LogP) is 3.87. The summed E-state index contributed by atoms with van der Waals surface area (Å²) in [5.74, 6) is 0.676. The molecule has 4 heteroatoms. The van der Waals surface area contributed by atoms with Gasteiger partial charge in [0.25, 0.3) is 0 Å². The first-order valence-corrected chi connectivity index (χ1v) is 8.40. The van der Waals surface area contributed by atoms with Gasteiger partial charge in [0, 0.05) is 30.2 Å². The number of benzene rings is 2. The molecule has 2 aliphatic rings. The second-order valence-corrected chi connectivity index (χ2v) is 7.20. The maximum atomic E-state index is 12.4. The van der Waals surface area contributed by atoms with Crippen LogP contribution in [0.25, 0.3) is 10.8 Å². The van der Waals surface area contributed by atoms with E-state index in [9.17, 15) is 14.7 Å². The van der Waals surface area contributed by atoms with Crippen LogP contribution in [0, 0.1) is 5.41 Å². The molecular formula is C20H20O4. The van der Waals surface area contributed by atoms with E-state index in [0.717, 1.165) is 35.6 Å². The van der Waals surface area contributed by atoms with E-state index < -0.39 is 5.97 Å². The fourth-order valence-electron chi connectivity index (χ4n) is 4.60. The first kappa shape index (κ1) is 15.2. The summed E-state index contributed by atoms with van der Waals surface area (Å²) in [6.07, 6.45) is 3.13. The number of esters is 1. The Kier molecular flexibility index (Phi) is 3.21. The van der Waals surface area contributed by atoms with Crippen LogP contribution < -0.4 is 4.74 Å². The van der Waals surface area contributed by atoms with Crippen LogP contribution in [0.2, 0.25) is 0 Å². The summed E-state index contributed by atoms with van der Waals surface area (Å²) >= 11 is 0. The minimum absolute atomic E-state index is 0.0791. The average molecular weight is 324 g/mol. The van der Waals surface area contributed by atoms with Crippen LogP contribution in [0.5, 0.6) is 11.5 Å². The van der Waals surface area contributed by atoms with Crippen molar-refractivity contribution in [3.8, 4) is 11.5 Å². The molecule has 4 rings (SSSR count). The lowest BCUT2D eigenvalue weighted by Gasteiger charge is -2.37. The monoisotopic (exact) mass is 324 g/mol. The molecule has 0 unspecified atom stereocenters. The first-order valence-electron chi connectivity index (χ1n) is 8.40. The van der Waals surface area contributed by atoms with Gasteiger partial charge < -0.3 is 9.84 Å². The van der Waals surface area contributed by atoms with Crippen molar-refractivity contribution in [1.82, 2.24) is 0 Å². The van der Waals surface area contributed by atoms with E-state index in [-0.39, 0.29) is 17.1 Å². The Hall–Kier alpha value is -2.36. The van der Waals surface area contributed by atoms with Crippen LogP contribution >= 0.6 is 0 Å². The van der Waals surface area contributed by atoms with E-state index in [0.29, 0.717) is 18.0 Å². The normalized spacial score (nSPS) is 25.4. The smallest absolute Gasteiger partial charge is 0.308 e. The summed E-state index contributed by atoms with van der Waals surface area (Å²) in [5, 5.41) is 11.7. The number of rotatable bonds is 1. The summed E-state index contributed by atoms with van der Waals surface area (Å²) in [6, 6.07) is 7.22. The zero-order chi connectivity index (χ0) is 17.1. The van der Waals surface area contributed by atoms with E-state index in [1.165, 1.54) is 18.6 Å². The largest absolute Gasteiger partial charge is 0.508 e. The van der Waals surface area contributed by atoms with Crippen LogP contribution in [0.4, 0.5) is 0 Å². The Labute approximate surface area is 140 Å². The molecule has 0 saturated heterocycles. The second-order valence-electron chi connectivity index (χ2n) is 7.20. The molecule has 0 radical (unpaired) electrons. The molecule has 124 valence electrons. The van der Waals surface area contributed by atoms with Crippen molar-refractivity contribution >= 4 is 22.5 Å². The van der Waals surface area contributed by atoms with Gasteiger partial charge in [-0.3, -0.25) is 9.59 Å². The lowest BCUT2D eigenvalue weighted by atomic mass is 9.66. The Morgan fingerprint density at radius 1 is 1.29 bits per heavy atom. The molecule has 2 aromatic rings. The van der Waals surface area contributed by atoms with Crippen LogP contribution in [-0.4, -0.2) is 16.9 Å². The molecule has 2 atom stereocenters. The summed E-state index contributed by atoms with van der Waals surface area (Å²) in [4.78, 5) is 23.8. The van der Waals surface area contributed by atoms with Crippen LogP contribution in [0.3, 0.4) is 0 Å². The number of hydrogen-bond donors (Lipinski definition) is 1. The molecule has 0 amide bonds. The third-order valence-electron chi connectivity index (χ3n) is 5.80. The Morgan fingerprint density at radius 3 is 2.83 bits per heavy atom. The van der Waals surface area contributed by atoms with Crippen molar-refractivity contribution in [3.63, 3.8) is 0 Å². The zero-order valence-corrected chi connectivity index (χ0v) is 13.9. The molecule has 1 saturated carbocycles. The number of carbonyl (C=O) groups is 2. The van der Waals surface area contributed by atoms with Crippen molar-refractivity contribution in [1.29, 1.82) is 0 Å². The fraction of sp³-hybridized carbons (Fsp3) is 0.400. The Balaban J connectivity index is 1.96. The van der Waals surface area contributed by atoms with Crippen LogP contribution in [-0.2, 0) is 16.0 Å². The highest BCUT2D eigenvalue weighted by atomic mass is 16.5. The van der Waals surface area contributed by atoms with Crippen molar-refractivity contribution in [2.75, 3.05) is 0 Å². The number of hydrogen-bond acceptors (Lipinski definition) is 4. The molecule has 1 N–H and O–H groups in total. The lowest BCUT2D eigenvalue weighted by Crippen LogP contribution is -2.32. The van der Waals surface area contributed by atoms with Crippen LogP contribution in [0.15, 0.2) is 24.3 Å². The summed E-state index contributed by atoms with van der Waals surface area (Å²) in [6.45, 7) is 3.45. The van der Waals surface area contributed by atoms with Gasteiger partial charge in [-0.1, -0.05) is 19.1 Å². The van der Waals surface area contributed by atoms with Gasteiger partial charge in [-0.2, -0.15) is 0 Å². The van der Waals surface area contributed by atoms with Crippen molar-refractivity contribution in [2.24, 2.45) is 5.41 Å².